The molecule has 0 spiro atoms. The zero-order valence-electron chi connectivity index (χ0n) is 13.7. The second-order valence-corrected chi connectivity index (χ2v) is 6.42. The van der Waals surface area contributed by atoms with Crippen LogP contribution < -0.4 is 5.32 Å². The van der Waals surface area contributed by atoms with Gasteiger partial charge in [-0.15, -0.1) is 0 Å². The van der Waals surface area contributed by atoms with Crippen LogP contribution in [0.2, 0.25) is 0 Å². The smallest absolute Gasteiger partial charge is 0.228 e. The average molecular weight is 308 g/mol. The van der Waals surface area contributed by atoms with E-state index in [0.29, 0.717) is 0 Å². The number of amides is 1. The van der Waals surface area contributed by atoms with Gasteiger partial charge in [-0.2, -0.15) is 0 Å². The van der Waals surface area contributed by atoms with Gasteiger partial charge in [-0.3, -0.25) is 9.69 Å². The summed E-state index contributed by atoms with van der Waals surface area (Å²) in [6.45, 7) is 4.88. The van der Waals surface area contributed by atoms with Crippen LogP contribution in [-0.2, 0) is 11.3 Å². The van der Waals surface area contributed by atoms with Crippen molar-refractivity contribution in [3.05, 3.63) is 65.7 Å². The van der Waals surface area contributed by atoms with E-state index in [9.17, 15) is 4.79 Å². The highest BCUT2D eigenvalue weighted by atomic mass is 16.1. The van der Waals surface area contributed by atoms with Gasteiger partial charge in [-0.25, -0.2) is 0 Å². The van der Waals surface area contributed by atoms with E-state index in [0.717, 1.165) is 43.7 Å². The Morgan fingerprint density at radius 2 is 2.00 bits per heavy atom. The second-order valence-electron chi connectivity index (χ2n) is 6.42. The summed E-state index contributed by atoms with van der Waals surface area (Å²) < 4.78 is 0. The Kier molecular flexibility index (Phi) is 5.09. The molecule has 1 aliphatic rings. The van der Waals surface area contributed by atoms with Gasteiger partial charge in [0, 0.05) is 18.8 Å². The number of carbonyl (C=O) groups excluding carboxylic acids is 1. The monoisotopic (exact) mass is 308 g/mol. The lowest BCUT2D eigenvalue weighted by Crippen LogP contribution is -2.40. The average Bonchev–Trinajstić information content (AvgIpc) is 2.56. The van der Waals surface area contributed by atoms with Crippen LogP contribution in [0.15, 0.2) is 54.6 Å². The molecule has 2 aromatic carbocycles. The van der Waals surface area contributed by atoms with Crippen molar-refractivity contribution in [2.24, 2.45) is 5.92 Å². The van der Waals surface area contributed by atoms with Crippen LogP contribution in [0.25, 0.3) is 0 Å². The highest BCUT2D eigenvalue weighted by Gasteiger charge is 2.25. The van der Waals surface area contributed by atoms with E-state index >= 15 is 0 Å². The van der Waals surface area contributed by atoms with Gasteiger partial charge in [0.25, 0.3) is 0 Å². The van der Waals surface area contributed by atoms with E-state index in [1.807, 2.05) is 37.3 Å². The van der Waals surface area contributed by atoms with Crippen molar-refractivity contribution in [3.8, 4) is 0 Å². The largest absolute Gasteiger partial charge is 0.326 e. The van der Waals surface area contributed by atoms with Crippen LogP contribution in [0.3, 0.4) is 0 Å². The molecule has 3 rings (SSSR count). The molecular weight excluding hydrogens is 284 g/mol. The molecule has 120 valence electrons. The van der Waals surface area contributed by atoms with E-state index in [-0.39, 0.29) is 11.8 Å². The van der Waals surface area contributed by atoms with Crippen LogP contribution in [0, 0.1) is 12.8 Å². The normalized spacial score (nSPS) is 18.6. The topological polar surface area (TPSA) is 32.3 Å². The zero-order valence-corrected chi connectivity index (χ0v) is 13.7. The molecule has 0 aromatic heterocycles. The number of nitrogens with zero attached hydrogens (tertiary/aromatic N) is 1. The molecule has 1 unspecified atom stereocenters. The molecule has 1 amide bonds. The lowest BCUT2D eigenvalue weighted by atomic mass is 9.96. The number of piperidine rings is 1. The molecule has 1 heterocycles. The number of carbonyl (C=O) groups is 1. The third-order valence-corrected chi connectivity index (χ3v) is 4.41. The third-order valence-electron chi connectivity index (χ3n) is 4.41. The summed E-state index contributed by atoms with van der Waals surface area (Å²) in [5.41, 5.74) is 3.37. The Hall–Kier alpha value is -2.13. The van der Waals surface area contributed by atoms with Gasteiger partial charge in [0.05, 0.1) is 5.92 Å². The third kappa shape index (κ3) is 4.42. The number of hydrogen-bond donors (Lipinski definition) is 1. The number of nitrogens with one attached hydrogen (secondary N) is 1. The Morgan fingerprint density at radius 1 is 1.17 bits per heavy atom. The number of benzene rings is 2. The highest BCUT2D eigenvalue weighted by molar-refractivity contribution is 5.92. The predicted octanol–water partition coefficient (Wildman–Crippen LogP) is 3.85. The minimum Gasteiger partial charge on any atom is -0.326 e. The highest BCUT2D eigenvalue weighted by Crippen LogP contribution is 2.20. The summed E-state index contributed by atoms with van der Waals surface area (Å²) in [7, 11) is 0. The van der Waals surface area contributed by atoms with Crippen LogP contribution in [0.5, 0.6) is 0 Å². The maximum atomic E-state index is 12.5. The first-order valence-electron chi connectivity index (χ1n) is 8.34. The molecule has 1 saturated heterocycles. The number of aryl methyl sites for hydroxylation is 1. The van der Waals surface area contributed by atoms with Crippen molar-refractivity contribution >= 4 is 11.6 Å². The van der Waals surface area contributed by atoms with Gasteiger partial charge in [0.1, 0.15) is 0 Å². The fraction of sp³-hybridized carbons (Fsp3) is 0.350. The first kappa shape index (κ1) is 15.8. The van der Waals surface area contributed by atoms with Gasteiger partial charge in [-0.1, -0.05) is 42.5 Å². The van der Waals surface area contributed by atoms with Crippen molar-refractivity contribution in [2.45, 2.75) is 26.3 Å². The van der Waals surface area contributed by atoms with Crippen LogP contribution in [-0.4, -0.2) is 23.9 Å². The Morgan fingerprint density at radius 3 is 2.78 bits per heavy atom. The molecule has 23 heavy (non-hydrogen) atoms. The SMILES string of the molecule is Cc1cccc(NC(=O)C2CCCN(Cc3ccccc3)C2)c1. The fourth-order valence-electron chi connectivity index (χ4n) is 3.22. The predicted molar refractivity (Wildman–Crippen MR) is 94.3 cm³/mol. The number of anilines is 1. The summed E-state index contributed by atoms with van der Waals surface area (Å²) in [5, 5.41) is 3.07. The Labute approximate surface area is 138 Å². The van der Waals surface area contributed by atoms with Crippen LogP contribution in [0.1, 0.15) is 24.0 Å². The summed E-state index contributed by atoms with van der Waals surface area (Å²) in [6, 6.07) is 18.5. The molecule has 3 heteroatoms. The maximum Gasteiger partial charge on any atom is 0.228 e. The van der Waals surface area contributed by atoms with Gasteiger partial charge in [0.15, 0.2) is 0 Å². The number of hydrogen-bond acceptors (Lipinski definition) is 2. The van der Waals surface area contributed by atoms with Crippen molar-refractivity contribution in [1.82, 2.24) is 4.90 Å². The van der Waals surface area contributed by atoms with Crippen molar-refractivity contribution in [3.63, 3.8) is 0 Å². The molecule has 0 saturated carbocycles. The molecular formula is C20H24N2O. The molecule has 2 aromatic rings. The molecule has 0 aliphatic carbocycles. The van der Waals surface area contributed by atoms with E-state index in [2.05, 4.69) is 34.5 Å². The zero-order chi connectivity index (χ0) is 16.1. The molecule has 0 bridgehead atoms. The van der Waals surface area contributed by atoms with E-state index in [1.165, 1.54) is 5.56 Å². The lowest BCUT2D eigenvalue weighted by molar-refractivity contribution is -0.121. The van der Waals surface area contributed by atoms with Gasteiger partial charge >= 0.3 is 0 Å². The first-order chi connectivity index (χ1) is 11.2. The minimum absolute atomic E-state index is 0.0768. The molecule has 1 aliphatic heterocycles. The van der Waals surface area contributed by atoms with Crippen molar-refractivity contribution in [2.75, 3.05) is 18.4 Å². The molecule has 3 nitrogen and oxygen atoms in total. The second kappa shape index (κ2) is 7.42. The van der Waals surface area contributed by atoms with E-state index < -0.39 is 0 Å². The first-order valence-corrected chi connectivity index (χ1v) is 8.34. The minimum atomic E-state index is 0.0768. The van der Waals surface area contributed by atoms with E-state index in [4.69, 9.17) is 0 Å². The number of rotatable bonds is 4. The number of likely N-dealkylation sites (tertiary alicyclic amines) is 1. The molecule has 1 N–H and O–H groups in total. The summed E-state index contributed by atoms with van der Waals surface area (Å²) in [4.78, 5) is 14.9. The van der Waals surface area contributed by atoms with E-state index in [1.54, 1.807) is 0 Å². The van der Waals surface area contributed by atoms with Crippen LogP contribution in [0.4, 0.5) is 5.69 Å². The van der Waals surface area contributed by atoms with Gasteiger partial charge in [-0.05, 0) is 49.6 Å². The lowest BCUT2D eigenvalue weighted by Gasteiger charge is -2.32. The van der Waals surface area contributed by atoms with Gasteiger partial charge in [0.2, 0.25) is 5.91 Å². The summed E-state index contributed by atoms with van der Waals surface area (Å²) in [6.07, 6.45) is 2.06. The maximum absolute atomic E-state index is 12.5. The summed E-state index contributed by atoms with van der Waals surface area (Å²) >= 11 is 0. The van der Waals surface area contributed by atoms with Gasteiger partial charge < -0.3 is 5.32 Å². The Bertz CT molecular complexity index is 654. The fourth-order valence-corrected chi connectivity index (χ4v) is 3.22. The van der Waals surface area contributed by atoms with Crippen molar-refractivity contribution < 1.29 is 4.79 Å². The molecule has 0 radical (unpaired) electrons. The van der Waals surface area contributed by atoms with Crippen molar-refractivity contribution in [1.29, 1.82) is 0 Å². The molecule has 1 fully saturated rings. The standard InChI is InChI=1S/C20H24N2O/c1-16-7-5-11-19(13-16)21-20(23)18-10-6-12-22(15-18)14-17-8-3-2-4-9-17/h2-5,7-9,11,13,18H,6,10,12,14-15H2,1H3,(H,21,23). The Balaban J connectivity index is 1.58. The quantitative estimate of drug-likeness (QED) is 0.930. The molecule has 1 atom stereocenters. The summed E-state index contributed by atoms with van der Waals surface area (Å²) in [5.74, 6) is 0.223. The van der Waals surface area contributed by atoms with Crippen LogP contribution >= 0.6 is 0 Å².